The number of hydrogen-bond donors (Lipinski definition) is 0. The molecule has 3 heteroatoms. The highest BCUT2D eigenvalue weighted by Gasteiger charge is 2.10. The molecule has 0 saturated heterocycles. The maximum Gasteiger partial charge on any atom is 0.227 e. The van der Waals surface area contributed by atoms with Crippen LogP contribution < -0.4 is 0 Å². The third kappa shape index (κ3) is 4.07. The lowest BCUT2D eigenvalue weighted by Crippen LogP contribution is -2.27. The predicted molar refractivity (Wildman–Crippen MR) is 96.3 cm³/mol. The number of aromatic nitrogens is 1. The number of pyridine rings is 1. The largest absolute Gasteiger partial charge is 0.341 e. The molecule has 0 unspecified atom stereocenters. The van der Waals surface area contributed by atoms with Crippen molar-refractivity contribution in [1.29, 1.82) is 0 Å². The molecular weight excluding hydrogens is 296 g/mol. The van der Waals surface area contributed by atoms with Crippen LogP contribution in [0.5, 0.6) is 0 Å². The van der Waals surface area contributed by atoms with E-state index in [1.54, 1.807) is 17.3 Å². The molecule has 0 aliphatic rings. The molecule has 0 fully saturated rings. The van der Waals surface area contributed by atoms with Crippen LogP contribution in [0, 0.1) is 0 Å². The Morgan fingerprint density at radius 1 is 0.875 bits per heavy atom. The molecule has 3 aromatic rings. The summed E-state index contributed by atoms with van der Waals surface area (Å²) in [4.78, 5) is 18.2. The van der Waals surface area contributed by atoms with Gasteiger partial charge in [-0.1, -0.05) is 60.7 Å². The second kappa shape index (κ2) is 7.55. The minimum Gasteiger partial charge on any atom is -0.341 e. The summed E-state index contributed by atoms with van der Waals surface area (Å²) < 4.78 is 0. The minimum absolute atomic E-state index is 0.103. The molecule has 3 nitrogen and oxygen atoms in total. The van der Waals surface area contributed by atoms with E-state index in [2.05, 4.69) is 29.2 Å². The van der Waals surface area contributed by atoms with Gasteiger partial charge in [0.2, 0.25) is 5.91 Å². The number of benzene rings is 2. The van der Waals surface area contributed by atoms with E-state index < -0.39 is 0 Å². The first-order chi connectivity index (χ1) is 11.7. The van der Waals surface area contributed by atoms with Gasteiger partial charge >= 0.3 is 0 Å². The van der Waals surface area contributed by atoms with Gasteiger partial charge in [0.1, 0.15) is 0 Å². The minimum atomic E-state index is 0.103. The summed E-state index contributed by atoms with van der Waals surface area (Å²) in [6.45, 7) is 0.578. The molecule has 0 aliphatic carbocycles. The molecule has 2 aromatic carbocycles. The molecule has 1 aromatic heterocycles. The predicted octanol–water partition coefficient (Wildman–Crippen LogP) is 3.95. The maximum atomic E-state index is 12.4. The lowest BCUT2D eigenvalue weighted by Gasteiger charge is -2.17. The Labute approximate surface area is 142 Å². The fourth-order valence-corrected chi connectivity index (χ4v) is 2.61. The van der Waals surface area contributed by atoms with Gasteiger partial charge in [0.25, 0.3) is 0 Å². The molecule has 1 amide bonds. The first kappa shape index (κ1) is 15.9. The monoisotopic (exact) mass is 316 g/mol. The van der Waals surface area contributed by atoms with E-state index >= 15 is 0 Å². The lowest BCUT2D eigenvalue weighted by molar-refractivity contribution is -0.129. The molecule has 0 atom stereocenters. The zero-order chi connectivity index (χ0) is 16.8. The van der Waals surface area contributed by atoms with Crippen molar-refractivity contribution in [3.63, 3.8) is 0 Å². The average molecular weight is 316 g/mol. The SMILES string of the molecule is CN(Cc1cccnc1)C(=O)Cc1ccc(-c2ccccc2)cc1. The third-order valence-electron chi connectivity index (χ3n) is 3.98. The third-order valence-corrected chi connectivity index (χ3v) is 3.98. The molecule has 0 saturated carbocycles. The summed E-state index contributed by atoms with van der Waals surface area (Å²) in [5.74, 6) is 0.103. The van der Waals surface area contributed by atoms with Crippen molar-refractivity contribution >= 4 is 5.91 Å². The van der Waals surface area contributed by atoms with Crippen molar-refractivity contribution in [1.82, 2.24) is 9.88 Å². The zero-order valence-corrected chi connectivity index (χ0v) is 13.7. The van der Waals surface area contributed by atoms with Crippen molar-refractivity contribution in [2.75, 3.05) is 7.05 Å². The van der Waals surface area contributed by atoms with Gasteiger partial charge < -0.3 is 4.90 Å². The van der Waals surface area contributed by atoms with Crippen LogP contribution in [-0.2, 0) is 17.8 Å². The first-order valence-corrected chi connectivity index (χ1v) is 7.99. The number of rotatable bonds is 5. The van der Waals surface area contributed by atoms with Gasteiger partial charge in [0.15, 0.2) is 0 Å². The first-order valence-electron chi connectivity index (χ1n) is 7.99. The molecule has 0 N–H and O–H groups in total. The Balaban J connectivity index is 1.62. The lowest BCUT2D eigenvalue weighted by atomic mass is 10.0. The fourth-order valence-electron chi connectivity index (χ4n) is 2.61. The molecule has 0 spiro atoms. The van der Waals surface area contributed by atoms with Crippen molar-refractivity contribution in [3.05, 3.63) is 90.3 Å². The molecule has 120 valence electrons. The second-order valence-electron chi connectivity index (χ2n) is 5.85. The van der Waals surface area contributed by atoms with Gasteiger partial charge in [-0.25, -0.2) is 0 Å². The van der Waals surface area contributed by atoms with Crippen LogP contribution in [0.1, 0.15) is 11.1 Å². The van der Waals surface area contributed by atoms with E-state index in [-0.39, 0.29) is 5.91 Å². The van der Waals surface area contributed by atoms with E-state index in [1.807, 2.05) is 49.5 Å². The summed E-state index contributed by atoms with van der Waals surface area (Å²) in [6, 6.07) is 22.3. The van der Waals surface area contributed by atoms with Gasteiger partial charge in [0.05, 0.1) is 6.42 Å². The number of carbonyl (C=O) groups is 1. The number of likely N-dealkylation sites (N-methyl/N-ethyl adjacent to an activating group) is 1. The Bertz CT molecular complexity index is 783. The smallest absolute Gasteiger partial charge is 0.227 e. The van der Waals surface area contributed by atoms with Crippen LogP contribution in [0.2, 0.25) is 0 Å². The quantitative estimate of drug-likeness (QED) is 0.714. The summed E-state index contributed by atoms with van der Waals surface area (Å²) >= 11 is 0. The second-order valence-corrected chi connectivity index (χ2v) is 5.85. The molecule has 1 heterocycles. The number of carbonyl (C=O) groups excluding carboxylic acids is 1. The van der Waals surface area contributed by atoms with Gasteiger partial charge in [0, 0.05) is 26.0 Å². The Morgan fingerprint density at radius 3 is 2.25 bits per heavy atom. The van der Waals surface area contributed by atoms with Crippen molar-refractivity contribution < 1.29 is 4.79 Å². The molecule has 0 radical (unpaired) electrons. The number of amides is 1. The molecule has 24 heavy (non-hydrogen) atoms. The summed E-state index contributed by atoms with van der Waals surface area (Å²) in [5.41, 5.74) is 4.41. The van der Waals surface area contributed by atoms with Crippen molar-refractivity contribution in [2.45, 2.75) is 13.0 Å². The van der Waals surface area contributed by atoms with Gasteiger partial charge in [-0.2, -0.15) is 0 Å². The highest BCUT2D eigenvalue weighted by atomic mass is 16.2. The number of hydrogen-bond acceptors (Lipinski definition) is 2. The van der Waals surface area contributed by atoms with Crippen LogP contribution >= 0.6 is 0 Å². The van der Waals surface area contributed by atoms with Crippen molar-refractivity contribution in [2.24, 2.45) is 0 Å². The maximum absolute atomic E-state index is 12.4. The summed E-state index contributed by atoms with van der Waals surface area (Å²) in [6.07, 6.45) is 3.93. The van der Waals surface area contributed by atoms with Gasteiger partial charge in [-0.15, -0.1) is 0 Å². The molecule has 3 rings (SSSR count). The van der Waals surface area contributed by atoms with Crippen LogP contribution in [0.4, 0.5) is 0 Å². The highest BCUT2D eigenvalue weighted by molar-refractivity contribution is 5.78. The van der Waals surface area contributed by atoms with Crippen LogP contribution in [-0.4, -0.2) is 22.8 Å². The van der Waals surface area contributed by atoms with E-state index in [0.717, 1.165) is 16.7 Å². The van der Waals surface area contributed by atoms with E-state index in [9.17, 15) is 4.79 Å². The van der Waals surface area contributed by atoms with Crippen LogP contribution in [0.25, 0.3) is 11.1 Å². The Morgan fingerprint density at radius 2 is 1.58 bits per heavy atom. The fraction of sp³-hybridized carbons (Fsp3) is 0.143. The standard InChI is InChI=1S/C21H20N2O/c1-23(16-18-6-5-13-22-15-18)21(24)14-17-9-11-20(12-10-17)19-7-3-2-4-8-19/h2-13,15H,14,16H2,1H3. The van der Waals surface area contributed by atoms with Crippen LogP contribution in [0.3, 0.4) is 0 Å². The van der Waals surface area contributed by atoms with Crippen molar-refractivity contribution in [3.8, 4) is 11.1 Å². The summed E-state index contributed by atoms with van der Waals surface area (Å²) in [5, 5.41) is 0. The highest BCUT2D eigenvalue weighted by Crippen LogP contribution is 2.19. The van der Waals surface area contributed by atoms with Gasteiger partial charge in [-0.05, 0) is 28.3 Å². The van der Waals surface area contributed by atoms with E-state index in [4.69, 9.17) is 0 Å². The molecule has 0 bridgehead atoms. The van der Waals surface area contributed by atoms with E-state index in [0.29, 0.717) is 13.0 Å². The summed E-state index contributed by atoms with van der Waals surface area (Å²) in [7, 11) is 1.83. The molecule has 0 aliphatic heterocycles. The normalized spacial score (nSPS) is 10.4. The topological polar surface area (TPSA) is 33.2 Å². The molecular formula is C21H20N2O. The zero-order valence-electron chi connectivity index (χ0n) is 13.7. The van der Waals surface area contributed by atoms with E-state index in [1.165, 1.54) is 5.56 Å². The number of nitrogens with zero attached hydrogens (tertiary/aromatic N) is 2. The average Bonchev–Trinajstić information content (AvgIpc) is 2.64. The van der Waals surface area contributed by atoms with Gasteiger partial charge in [-0.3, -0.25) is 9.78 Å². The Kier molecular flexibility index (Phi) is 5.02. The van der Waals surface area contributed by atoms with Crippen LogP contribution in [0.15, 0.2) is 79.1 Å². The Hall–Kier alpha value is -2.94.